The first-order valence-electron chi connectivity index (χ1n) is 6.46. The predicted octanol–water partition coefficient (Wildman–Crippen LogP) is 0.917. The van der Waals surface area contributed by atoms with Crippen LogP contribution in [0.25, 0.3) is 0 Å². The van der Waals surface area contributed by atoms with Crippen LogP contribution < -0.4 is 10.6 Å². The summed E-state index contributed by atoms with van der Waals surface area (Å²) in [7, 11) is 1.49. The molecule has 0 aromatic heterocycles. The number of carbonyl (C=O) groups excluding carboxylic acids is 1. The third kappa shape index (κ3) is 1.87. The summed E-state index contributed by atoms with van der Waals surface area (Å²) in [6.45, 7) is 9.18. The van der Waals surface area contributed by atoms with Crippen molar-refractivity contribution < 1.29 is 9.53 Å². The average molecular weight is 240 g/mol. The number of hydrogen-bond donors (Lipinski definition) is 2. The fourth-order valence-corrected chi connectivity index (χ4v) is 2.91. The van der Waals surface area contributed by atoms with Crippen LogP contribution in [0, 0.1) is 10.8 Å². The molecule has 1 aliphatic carbocycles. The van der Waals surface area contributed by atoms with Crippen LogP contribution in [0.3, 0.4) is 0 Å². The van der Waals surface area contributed by atoms with Gasteiger partial charge in [0, 0.05) is 30.6 Å². The normalized spacial score (nSPS) is 35.5. The summed E-state index contributed by atoms with van der Waals surface area (Å²) in [6, 6.07) is 0. The Balaban J connectivity index is 2.00. The summed E-state index contributed by atoms with van der Waals surface area (Å²) in [5.74, 6) is -0.0430. The molecule has 2 fully saturated rings. The Morgan fingerprint density at radius 1 is 1.47 bits per heavy atom. The summed E-state index contributed by atoms with van der Waals surface area (Å²) in [4.78, 5) is 11.9. The number of methoxy groups -OCH3 is 1. The highest BCUT2D eigenvalue weighted by Crippen LogP contribution is 2.66. The summed E-state index contributed by atoms with van der Waals surface area (Å²) >= 11 is 0. The standard InChI is InChI=1S/C13H24N2O2/c1-5-11(2,3)15-8-12-6-13(12,9-14-7-12)10(16)17-4/h14-15H,5-9H2,1-4H3. The van der Waals surface area contributed by atoms with Gasteiger partial charge in [0.2, 0.25) is 0 Å². The molecule has 2 aliphatic rings. The van der Waals surface area contributed by atoms with Gasteiger partial charge in [-0.05, 0) is 26.7 Å². The lowest BCUT2D eigenvalue weighted by molar-refractivity contribution is -0.147. The molecule has 2 unspecified atom stereocenters. The second-order valence-electron chi connectivity index (χ2n) is 6.23. The van der Waals surface area contributed by atoms with Gasteiger partial charge in [0.05, 0.1) is 12.5 Å². The molecule has 0 amide bonds. The smallest absolute Gasteiger partial charge is 0.313 e. The molecule has 0 bridgehead atoms. The second kappa shape index (κ2) is 3.95. The molecule has 1 heterocycles. The van der Waals surface area contributed by atoms with Gasteiger partial charge in [0.15, 0.2) is 0 Å². The number of nitrogens with one attached hydrogen (secondary N) is 2. The number of hydrogen-bond acceptors (Lipinski definition) is 4. The van der Waals surface area contributed by atoms with Gasteiger partial charge in [-0.15, -0.1) is 0 Å². The molecular weight excluding hydrogens is 216 g/mol. The lowest BCUT2D eigenvalue weighted by Gasteiger charge is -2.28. The van der Waals surface area contributed by atoms with E-state index in [0.717, 1.165) is 32.5 Å². The van der Waals surface area contributed by atoms with E-state index in [2.05, 4.69) is 31.4 Å². The molecule has 0 radical (unpaired) electrons. The molecule has 1 saturated carbocycles. The van der Waals surface area contributed by atoms with Crippen LogP contribution in [-0.4, -0.2) is 38.3 Å². The predicted molar refractivity (Wildman–Crippen MR) is 66.7 cm³/mol. The Morgan fingerprint density at radius 3 is 2.76 bits per heavy atom. The Kier molecular flexibility index (Phi) is 2.99. The van der Waals surface area contributed by atoms with Crippen LogP contribution in [0.15, 0.2) is 0 Å². The molecule has 0 aromatic rings. The van der Waals surface area contributed by atoms with Crippen LogP contribution in [-0.2, 0) is 9.53 Å². The Morgan fingerprint density at radius 2 is 2.18 bits per heavy atom. The van der Waals surface area contributed by atoms with Crippen molar-refractivity contribution in [2.75, 3.05) is 26.7 Å². The van der Waals surface area contributed by atoms with Crippen molar-refractivity contribution >= 4 is 5.97 Å². The molecule has 98 valence electrons. The SMILES string of the molecule is CCC(C)(C)NCC12CNCC1(C(=O)OC)C2. The molecule has 0 aromatic carbocycles. The van der Waals surface area contributed by atoms with Crippen molar-refractivity contribution in [2.24, 2.45) is 10.8 Å². The van der Waals surface area contributed by atoms with Crippen molar-refractivity contribution in [3.63, 3.8) is 0 Å². The van der Waals surface area contributed by atoms with Crippen LogP contribution >= 0.6 is 0 Å². The van der Waals surface area contributed by atoms with Crippen LogP contribution in [0.2, 0.25) is 0 Å². The van der Waals surface area contributed by atoms with E-state index in [9.17, 15) is 4.79 Å². The third-order valence-corrected chi connectivity index (χ3v) is 4.79. The van der Waals surface area contributed by atoms with Crippen molar-refractivity contribution in [1.82, 2.24) is 10.6 Å². The largest absolute Gasteiger partial charge is 0.469 e. The van der Waals surface area contributed by atoms with E-state index < -0.39 is 0 Å². The number of fused-ring (bicyclic) bond motifs is 1. The fraction of sp³-hybridized carbons (Fsp3) is 0.923. The quantitative estimate of drug-likeness (QED) is 0.702. The molecule has 4 nitrogen and oxygen atoms in total. The van der Waals surface area contributed by atoms with Gasteiger partial charge < -0.3 is 15.4 Å². The van der Waals surface area contributed by atoms with Crippen molar-refractivity contribution in [3.8, 4) is 0 Å². The second-order valence-corrected chi connectivity index (χ2v) is 6.23. The Hall–Kier alpha value is -0.610. The third-order valence-electron chi connectivity index (χ3n) is 4.79. The van der Waals surface area contributed by atoms with Crippen LogP contribution in [0.4, 0.5) is 0 Å². The van der Waals surface area contributed by atoms with Gasteiger partial charge in [0.1, 0.15) is 0 Å². The highest BCUT2D eigenvalue weighted by atomic mass is 16.5. The number of carbonyl (C=O) groups is 1. The maximum Gasteiger partial charge on any atom is 0.313 e. The maximum atomic E-state index is 11.9. The summed E-state index contributed by atoms with van der Waals surface area (Å²) < 4.78 is 4.96. The first-order valence-corrected chi connectivity index (χ1v) is 6.46. The lowest BCUT2D eigenvalue weighted by Crippen LogP contribution is -2.44. The number of piperidine rings is 1. The summed E-state index contributed by atoms with van der Waals surface area (Å²) in [5, 5.41) is 6.92. The molecule has 2 N–H and O–H groups in total. The van der Waals surface area contributed by atoms with Crippen LogP contribution in [0.5, 0.6) is 0 Å². The number of ether oxygens (including phenoxy) is 1. The minimum absolute atomic E-state index is 0.0430. The maximum absolute atomic E-state index is 11.9. The van der Waals surface area contributed by atoms with E-state index in [4.69, 9.17) is 4.74 Å². The van der Waals surface area contributed by atoms with Gasteiger partial charge in [-0.3, -0.25) is 4.79 Å². The zero-order chi connectivity index (χ0) is 12.7. The lowest BCUT2D eigenvalue weighted by atomic mass is 9.94. The molecule has 1 aliphatic heterocycles. The molecule has 4 heteroatoms. The minimum atomic E-state index is -0.251. The van der Waals surface area contributed by atoms with E-state index in [1.165, 1.54) is 7.11 Å². The molecule has 1 saturated heterocycles. The molecule has 17 heavy (non-hydrogen) atoms. The monoisotopic (exact) mass is 240 g/mol. The Bertz CT molecular complexity index is 329. The van der Waals surface area contributed by atoms with E-state index in [1.54, 1.807) is 0 Å². The van der Waals surface area contributed by atoms with Gasteiger partial charge in [-0.2, -0.15) is 0 Å². The fourth-order valence-electron chi connectivity index (χ4n) is 2.91. The van der Waals surface area contributed by atoms with E-state index in [-0.39, 0.29) is 22.3 Å². The van der Waals surface area contributed by atoms with Crippen molar-refractivity contribution in [2.45, 2.75) is 39.2 Å². The van der Waals surface area contributed by atoms with Crippen LogP contribution in [0.1, 0.15) is 33.6 Å². The average Bonchev–Trinajstić information content (AvgIpc) is 2.84. The van der Waals surface area contributed by atoms with Gasteiger partial charge in [0.25, 0.3) is 0 Å². The Labute approximate surface area is 103 Å². The molecule has 2 atom stereocenters. The number of rotatable bonds is 5. The molecule has 2 rings (SSSR count). The highest BCUT2D eigenvalue weighted by Gasteiger charge is 2.74. The first-order chi connectivity index (χ1) is 7.91. The minimum Gasteiger partial charge on any atom is -0.469 e. The molecular formula is C13H24N2O2. The zero-order valence-electron chi connectivity index (χ0n) is 11.4. The van der Waals surface area contributed by atoms with Crippen molar-refractivity contribution in [3.05, 3.63) is 0 Å². The van der Waals surface area contributed by atoms with Gasteiger partial charge in [-0.25, -0.2) is 0 Å². The number of esters is 1. The highest BCUT2D eigenvalue weighted by molar-refractivity contribution is 5.83. The van der Waals surface area contributed by atoms with Gasteiger partial charge >= 0.3 is 5.97 Å². The zero-order valence-corrected chi connectivity index (χ0v) is 11.4. The summed E-state index contributed by atoms with van der Waals surface area (Å²) in [6.07, 6.45) is 2.05. The first kappa shape index (κ1) is 12.8. The van der Waals surface area contributed by atoms with E-state index in [1.807, 2.05) is 0 Å². The van der Waals surface area contributed by atoms with Gasteiger partial charge in [-0.1, -0.05) is 6.92 Å². The topological polar surface area (TPSA) is 50.4 Å². The summed E-state index contributed by atoms with van der Waals surface area (Å²) in [5.41, 5.74) is -0.0209. The van der Waals surface area contributed by atoms with E-state index in [0.29, 0.717) is 0 Å². The van der Waals surface area contributed by atoms with E-state index >= 15 is 0 Å². The molecule has 0 spiro atoms. The van der Waals surface area contributed by atoms with Crippen molar-refractivity contribution in [1.29, 1.82) is 0 Å².